The third kappa shape index (κ3) is 5.03. The Hall–Kier alpha value is -2.68. The number of rotatable bonds is 6. The lowest BCUT2D eigenvalue weighted by atomic mass is 9.97. The van der Waals surface area contributed by atoms with Gasteiger partial charge in [-0.1, -0.05) is 41.4 Å². The quantitative estimate of drug-likeness (QED) is 0.589. The molecule has 0 bridgehead atoms. The zero-order valence-electron chi connectivity index (χ0n) is 17.7. The predicted octanol–water partition coefficient (Wildman–Crippen LogP) is 3.93. The fourth-order valence-electron chi connectivity index (χ4n) is 3.82. The summed E-state index contributed by atoms with van der Waals surface area (Å²) < 4.78 is 28.9. The molecule has 32 heavy (non-hydrogen) atoms. The van der Waals surface area contributed by atoms with E-state index in [9.17, 15) is 13.2 Å². The summed E-state index contributed by atoms with van der Waals surface area (Å²) >= 11 is 6.05. The van der Waals surface area contributed by atoms with Crippen LogP contribution in [0.5, 0.6) is 0 Å². The highest BCUT2D eigenvalue weighted by atomic mass is 35.5. The molecule has 3 aromatic rings. The van der Waals surface area contributed by atoms with Gasteiger partial charge in [0.05, 0.1) is 17.6 Å². The van der Waals surface area contributed by atoms with Gasteiger partial charge in [-0.25, -0.2) is 13.1 Å². The topological polar surface area (TPSA) is 84.3 Å². The van der Waals surface area contributed by atoms with E-state index in [4.69, 9.17) is 11.6 Å². The number of carbonyl (C=O) groups is 1. The van der Waals surface area contributed by atoms with Crippen LogP contribution < -0.4 is 5.32 Å². The van der Waals surface area contributed by atoms with Crippen LogP contribution in [0.25, 0.3) is 0 Å². The van der Waals surface area contributed by atoms with Crippen LogP contribution in [0.15, 0.2) is 65.7 Å². The zero-order chi connectivity index (χ0) is 22.7. The highest BCUT2D eigenvalue weighted by molar-refractivity contribution is 7.89. The van der Waals surface area contributed by atoms with Crippen molar-refractivity contribution in [2.45, 2.75) is 31.2 Å². The lowest BCUT2D eigenvalue weighted by Gasteiger charge is -2.30. The fraction of sp³-hybridized carbons (Fsp3) is 0.304. The van der Waals surface area contributed by atoms with Gasteiger partial charge in [0.25, 0.3) is 0 Å². The third-order valence-corrected chi connectivity index (χ3v) is 7.82. The minimum absolute atomic E-state index is 0.120. The number of hydrogen-bond acceptors (Lipinski definition) is 4. The molecule has 1 N–H and O–H groups in total. The van der Waals surface area contributed by atoms with Crippen molar-refractivity contribution < 1.29 is 13.2 Å². The number of halogens is 1. The molecular formula is C23H25ClN4O3S. The third-order valence-electron chi connectivity index (χ3n) is 5.67. The minimum atomic E-state index is -3.55. The van der Waals surface area contributed by atoms with Gasteiger partial charge in [0.15, 0.2) is 0 Å². The number of aromatic nitrogens is 2. The molecule has 0 aliphatic carbocycles. The van der Waals surface area contributed by atoms with E-state index in [0.717, 1.165) is 11.1 Å². The number of sulfonamides is 1. The Kier molecular flexibility index (Phi) is 6.64. The molecule has 2 aromatic carbocycles. The molecule has 2 heterocycles. The van der Waals surface area contributed by atoms with E-state index in [0.29, 0.717) is 43.3 Å². The molecule has 1 aliphatic rings. The number of hydrogen-bond donors (Lipinski definition) is 1. The van der Waals surface area contributed by atoms with Crippen LogP contribution in [0, 0.1) is 12.8 Å². The summed E-state index contributed by atoms with van der Waals surface area (Å²) in [7, 11) is -3.55. The second-order valence-electron chi connectivity index (χ2n) is 7.98. The molecule has 168 valence electrons. The van der Waals surface area contributed by atoms with Crippen LogP contribution in [0.1, 0.15) is 24.0 Å². The first kappa shape index (κ1) is 22.5. The molecule has 0 saturated carbocycles. The van der Waals surface area contributed by atoms with E-state index in [1.54, 1.807) is 41.2 Å². The van der Waals surface area contributed by atoms with E-state index in [-0.39, 0.29) is 16.7 Å². The van der Waals surface area contributed by atoms with Crippen molar-refractivity contribution in [2.24, 2.45) is 5.92 Å². The fourth-order valence-corrected chi connectivity index (χ4v) is 5.50. The van der Waals surface area contributed by atoms with Gasteiger partial charge < -0.3 is 5.32 Å². The van der Waals surface area contributed by atoms with Gasteiger partial charge in [0.2, 0.25) is 15.9 Å². The SMILES string of the molecule is Cc1ccc(S(=O)(=O)N2CCC(C(=O)Nc3ccnn3Cc3cccc(Cl)c3)CC2)cc1. The van der Waals surface area contributed by atoms with Crippen molar-refractivity contribution in [2.75, 3.05) is 18.4 Å². The van der Waals surface area contributed by atoms with Crippen LogP contribution in [0.3, 0.4) is 0 Å². The van der Waals surface area contributed by atoms with Crippen molar-refractivity contribution in [1.82, 2.24) is 14.1 Å². The monoisotopic (exact) mass is 472 g/mol. The van der Waals surface area contributed by atoms with Crippen LogP contribution in [0.4, 0.5) is 5.82 Å². The van der Waals surface area contributed by atoms with Crippen molar-refractivity contribution in [1.29, 1.82) is 0 Å². The smallest absolute Gasteiger partial charge is 0.243 e. The summed E-state index contributed by atoms with van der Waals surface area (Å²) in [6, 6.07) is 16.1. The number of nitrogens with one attached hydrogen (secondary N) is 1. The Labute approximate surface area is 193 Å². The molecule has 1 aliphatic heterocycles. The van der Waals surface area contributed by atoms with Crippen LogP contribution in [0.2, 0.25) is 5.02 Å². The standard InChI is InChI=1S/C23H25ClN4O3S/c1-17-5-7-21(8-6-17)32(30,31)27-13-10-19(11-14-27)23(29)26-22-9-12-25-28(22)16-18-3-2-4-20(24)15-18/h2-9,12,15,19H,10-11,13-14,16H2,1H3,(H,26,29). The summed E-state index contributed by atoms with van der Waals surface area (Å²) in [5.74, 6) is 0.226. The van der Waals surface area contributed by atoms with Crippen molar-refractivity contribution >= 4 is 33.3 Å². The maximum absolute atomic E-state index is 12.9. The predicted molar refractivity (Wildman–Crippen MR) is 124 cm³/mol. The van der Waals surface area contributed by atoms with Crippen LogP contribution in [-0.4, -0.2) is 41.5 Å². The van der Waals surface area contributed by atoms with Crippen LogP contribution >= 0.6 is 11.6 Å². The van der Waals surface area contributed by atoms with Gasteiger partial charge in [-0.15, -0.1) is 0 Å². The maximum Gasteiger partial charge on any atom is 0.243 e. The molecule has 0 atom stereocenters. The second kappa shape index (κ2) is 9.44. The average Bonchev–Trinajstić information content (AvgIpc) is 3.20. The number of aryl methyl sites for hydroxylation is 1. The Balaban J connectivity index is 1.36. The van der Waals surface area contributed by atoms with Gasteiger partial charge >= 0.3 is 0 Å². The lowest BCUT2D eigenvalue weighted by molar-refractivity contribution is -0.121. The number of benzene rings is 2. The highest BCUT2D eigenvalue weighted by Gasteiger charge is 2.32. The molecule has 0 unspecified atom stereocenters. The van der Waals surface area contributed by atoms with Gasteiger partial charge in [-0.2, -0.15) is 9.40 Å². The molecule has 7 nitrogen and oxygen atoms in total. The Morgan fingerprint density at radius 2 is 1.84 bits per heavy atom. The van der Waals surface area contributed by atoms with Gasteiger partial charge in [0, 0.05) is 30.1 Å². The number of carbonyl (C=O) groups excluding carboxylic acids is 1. The molecular weight excluding hydrogens is 448 g/mol. The minimum Gasteiger partial charge on any atom is -0.311 e. The molecule has 0 radical (unpaired) electrons. The van der Waals surface area contributed by atoms with Crippen LogP contribution in [-0.2, 0) is 21.4 Å². The number of nitrogens with zero attached hydrogens (tertiary/aromatic N) is 3. The largest absolute Gasteiger partial charge is 0.311 e. The average molecular weight is 473 g/mol. The highest BCUT2D eigenvalue weighted by Crippen LogP contribution is 2.25. The van der Waals surface area contributed by atoms with Crippen molar-refractivity contribution in [3.05, 3.63) is 76.9 Å². The van der Waals surface area contributed by atoms with E-state index in [2.05, 4.69) is 10.4 Å². The number of anilines is 1. The molecule has 1 aromatic heterocycles. The molecule has 1 amide bonds. The summed E-state index contributed by atoms with van der Waals surface area (Å²) in [6.07, 6.45) is 2.58. The van der Waals surface area contributed by atoms with E-state index < -0.39 is 10.0 Å². The van der Waals surface area contributed by atoms with E-state index in [1.807, 2.05) is 31.2 Å². The summed E-state index contributed by atoms with van der Waals surface area (Å²) in [4.78, 5) is 13.1. The van der Waals surface area contributed by atoms with Crippen molar-refractivity contribution in [3.8, 4) is 0 Å². The Morgan fingerprint density at radius 3 is 2.53 bits per heavy atom. The zero-order valence-corrected chi connectivity index (χ0v) is 19.3. The normalized spacial score (nSPS) is 15.6. The first-order chi connectivity index (χ1) is 15.3. The number of piperidine rings is 1. The lowest BCUT2D eigenvalue weighted by Crippen LogP contribution is -2.41. The van der Waals surface area contributed by atoms with Gasteiger partial charge in [-0.3, -0.25) is 4.79 Å². The summed E-state index contributed by atoms with van der Waals surface area (Å²) in [5.41, 5.74) is 1.99. The van der Waals surface area contributed by atoms with Gasteiger partial charge in [0.1, 0.15) is 5.82 Å². The molecule has 0 spiro atoms. The molecule has 4 rings (SSSR count). The molecule has 1 fully saturated rings. The molecule has 1 saturated heterocycles. The number of amides is 1. The first-order valence-electron chi connectivity index (χ1n) is 10.5. The second-order valence-corrected chi connectivity index (χ2v) is 10.4. The van der Waals surface area contributed by atoms with E-state index >= 15 is 0 Å². The Morgan fingerprint density at radius 1 is 1.12 bits per heavy atom. The summed E-state index contributed by atoms with van der Waals surface area (Å²) in [5, 5.41) is 7.89. The van der Waals surface area contributed by atoms with E-state index in [1.165, 1.54) is 4.31 Å². The maximum atomic E-state index is 12.9. The Bertz CT molecular complexity index is 1200. The first-order valence-corrected chi connectivity index (χ1v) is 12.3. The summed E-state index contributed by atoms with van der Waals surface area (Å²) in [6.45, 7) is 3.03. The van der Waals surface area contributed by atoms with Gasteiger partial charge in [-0.05, 0) is 49.6 Å². The van der Waals surface area contributed by atoms with Crippen molar-refractivity contribution in [3.63, 3.8) is 0 Å². The molecule has 9 heteroatoms.